The van der Waals surface area contributed by atoms with E-state index in [4.69, 9.17) is 4.42 Å². The summed E-state index contributed by atoms with van der Waals surface area (Å²) in [6.45, 7) is 5.52. The number of benzene rings is 1. The summed E-state index contributed by atoms with van der Waals surface area (Å²) in [5.41, 5.74) is -0.187. The first kappa shape index (κ1) is 15.9. The lowest BCUT2D eigenvalue weighted by molar-refractivity contribution is -0.125. The van der Waals surface area contributed by atoms with E-state index in [0.29, 0.717) is 11.1 Å². The molecule has 0 unspecified atom stereocenters. The fourth-order valence-corrected chi connectivity index (χ4v) is 2.15. The van der Waals surface area contributed by atoms with Gasteiger partial charge in [0.05, 0.1) is 18.3 Å². The fourth-order valence-electron chi connectivity index (χ4n) is 2.15. The van der Waals surface area contributed by atoms with Crippen LogP contribution < -0.4 is 5.63 Å². The summed E-state index contributed by atoms with van der Waals surface area (Å²) in [7, 11) is 0. The monoisotopic (exact) mass is 327 g/mol. The summed E-state index contributed by atoms with van der Waals surface area (Å²) in [5.74, 6) is 0.0502. The van der Waals surface area contributed by atoms with Crippen LogP contribution in [0.25, 0.3) is 16.7 Å². The molecule has 0 saturated heterocycles. The van der Waals surface area contributed by atoms with Gasteiger partial charge in [0.15, 0.2) is 5.69 Å². The molecule has 0 aliphatic carbocycles. The second-order valence-corrected chi connectivity index (χ2v) is 6.62. The first-order valence-electron chi connectivity index (χ1n) is 7.46. The molecule has 124 valence electrons. The Morgan fingerprint density at radius 3 is 2.75 bits per heavy atom. The number of fused-ring (bicyclic) bond motifs is 1. The van der Waals surface area contributed by atoms with Crippen molar-refractivity contribution in [2.45, 2.75) is 27.2 Å². The van der Waals surface area contributed by atoms with Gasteiger partial charge < -0.3 is 9.52 Å². The van der Waals surface area contributed by atoms with Crippen LogP contribution in [0.1, 0.15) is 26.5 Å². The lowest BCUT2D eigenvalue weighted by Crippen LogP contribution is -2.22. The molecule has 24 heavy (non-hydrogen) atoms. The lowest BCUT2D eigenvalue weighted by Gasteiger charge is -2.14. The standard InChI is InChI=1S/C17H17N3O4/c1-17(2,3)15(22)7-11-9-18-20(19-11)13-6-10-4-5-12(21)8-14(10)24-16(13)23/h4-6,8-9,21H,7H2,1-3H3. The number of hydrogen-bond acceptors (Lipinski definition) is 6. The molecule has 0 amide bonds. The molecule has 0 spiro atoms. The highest BCUT2D eigenvalue weighted by Gasteiger charge is 2.22. The van der Waals surface area contributed by atoms with Crippen molar-refractivity contribution >= 4 is 16.8 Å². The number of carbonyl (C=O) groups excluding carboxylic acids is 1. The number of ketones is 1. The van der Waals surface area contributed by atoms with Crippen molar-refractivity contribution in [3.8, 4) is 11.4 Å². The third-order valence-electron chi connectivity index (χ3n) is 3.63. The van der Waals surface area contributed by atoms with Crippen molar-refractivity contribution in [3.05, 3.63) is 46.6 Å². The summed E-state index contributed by atoms with van der Waals surface area (Å²) in [6, 6.07) is 6.07. The van der Waals surface area contributed by atoms with Crippen molar-refractivity contribution in [1.29, 1.82) is 0 Å². The van der Waals surface area contributed by atoms with Gasteiger partial charge in [-0.1, -0.05) is 20.8 Å². The number of rotatable bonds is 3. The van der Waals surface area contributed by atoms with Crippen LogP contribution in [0.4, 0.5) is 0 Å². The summed E-state index contributed by atoms with van der Waals surface area (Å²) in [4.78, 5) is 25.3. The van der Waals surface area contributed by atoms with E-state index in [2.05, 4.69) is 10.2 Å². The van der Waals surface area contributed by atoms with Gasteiger partial charge in [-0.3, -0.25) is 4.79 Å². The van der Waals surface area contributed by atoms with Crippen molar-refractivity contribution in [2.75, 3.05) is 0 Å². The Morgan fingerprint density at radius 1 is 1.29 bits per heavy atom. The van der Waals surface area contributed by atoms with Crippen LogP contribution in [0.3, 0.4) is 0 Å². The molecule has 0 atom stereocenters. The molecule has 1 aromatic carbocycles. The number of nitrogens with zero attached hydrogens (tertiary/aromatic N) is 3. The van der Waals surface area contributed by atoms with Crippen molar-refractivity contribution in [2.24, 2.45) is 5.41 Å². The van der Waals surface area contributed by atoms with Gasteiger partial charge >= 0.3 is 5.63 Å². The molecule has 2 aromatic heterocycles. The molecule has 0 aliphatic rings. The summed E-state index contributed by atoms with van der Waals surface area (Å²) >= 11 is 0. The number of carbonyl (C=O) groups is 1. The average molecular weight is 327 g/mol. The first-order chi connectivity index (χ1) is 11.2. The zero-order valence-electron chi connectivity index (χ0n) is 13.6. The largest absolute Gasteiger partial charge is 0.508 e. The van der Waals surface area contributed by atoms with Gasteiger partial charge in [0.25, 0.3) is 0 Å². The number of hydrogen-bond donors (Lipinski definition) is 1. The quantitative estimate of drug-likeness (QED) is 0.741. The molecule has 3 aromatic rings. The molecule has 0 fully saturated rings. The van der Waals surface area contributed by atoms with E-state index in [9.17, 15) is 14.7 Å². The Morgan fingerprint density at radius 2 is 2.04 bits per heavy atom. The molecule has 0 radical (unpaired) electrons. The molecule has 7 heteroatoms. The molecule has 3 rings (SSSR count). The Balaban J connectivity index is 1.97. The predicted molar refractivity (Wildman–Crippen MR) is 87.2 cm³/mol. The van der Waals surface area contributed by atoms with Crippen molar-refractivity contribution in [3.63, 3.8) is 0 Å². The average Bonchev–Trinajstić information content (AvgIpc) is 2.93. The minimum Gasteiger partial charge on any atom is -0.508 e. The lowest BCUT2D eigenvalue weighted by atomic mass is 9.88. The Kier molecular flexibility index (Phi) is 3.71. The molecule has 0 bridgehead atoms. The Labute approximate surface area is 137 Å². The molecule has 7 nitrogen and oxygen atoms in total. The van der Waals surface area contributed by atoms with Crippen LogP contribution in [0.15, 0.2) is 39.7 Å². The van der Waals surface area contributed by atoms with Gasteiger partial charge in [0, 0.05) is 16.9 Å². The first-order valence-corrected chi connectivity index (χ1v) is 7.46. The smallest absolute Gasteiger partial charge is 0.364 e. The third kappa shape index (κ3) is 3.05. The van der Waals surface area contributed by atoms with E-state index >= 15 is 0 Å². The van der Waals surface area contributed by atoms with E-state index in [1.54, 1.807) is 12.1 Å². The minimum absolute atomic E-state index is 0.0126. The van der Waals surface area contributed by atoms with Crippen molar-refractivity contribution < 1.29 is 14.3 Å². The van der Waals surface area contributed by atoms with Gasteiger partial charge in [0.2, 0.25) is 0 Å². The van der Waals surface area contributed by atoms with E-state index in [1.165, 1.54) is 18.3 Å². The maximum atomic E-state index is 12.1. The van der Waals surface area contributed by atoms with Crippen LogP contribution in [0.5, 0.6) is 5.75 Å². The second kappa shape index (κ2) is 5.59. The van der Waals surface area contributed by atoms with Crippen molar-refractivity contribution in [1.82, 2.24) is 15.0 Å². The van der Waals surface area contributed by atoms with Gasteiger partial charge in [-0.05, 0) is 18.2 Å². The van der Waals surface area contributed by atoms with Crippen LogP contribution in [0.2, 0.25) is 0 Å². The second-order valence-electron chi connectivity index (χ2n) is 6.62. The van der Waals surface area contributed by atoms with E-state index in [-0.39, 0.29) is 29.2 Å². The number of aromatic nitrogens is 3. The summed E-state index contributed by atoms with van der Waals surface area (Å²) in [5, 5.41) is 18.3. The number of phenolic OH excluding ortho intramolecular Hbond substituents is 1. The molecule has 2 heterocycles. The minimum atomic E-state index is -0.627. The summed E-state index contributed by atoms with van der Waals surface area (Å²) < 4.78 is 5.19. The van der Waals surface area contributed by atoms with Gasteiger partial charge in [-0.2, -0.15) is 10.2 Å². The fraction of sp³-hybridized carbons (Fsp3) is 0.294. The van der Waals surface area contributed by atoms with Crippen LogP contribution in [-0.2, 0) is 11.2 Å². The predicted octanol–water partition coefficient (Wildman–Crippen LogP) is 2.24. The Bertz CT molecular complexity index is 979. The topological polar surface area (TPSA) is 98.2 Å². The van der Waals surface area contributed by atoms with Gasteiger partial charge in [-0.25, -0.2) is 4.79 Å². The van der Waals surface area contributed by atoms with E-state index in [1.807, 2.05) is 20.8 Å². The highest BCUT2D eigenvalue weighted by molar-refractivity contribution is 5.85. The van der Waals surface area contributed by atoms with Gasteiger partial charge in [0.1, 0.15) is 17.1 Å². The third-order valence-corrected chi connectivity index (χ3v) is 3.63. The SMILES string of the molecule is CC(C)(C)C(=O)Cc1cnn(-c2cc3ccc(O)cc3oc2=O)n1. The van der Waals surface area contributed by atoms with Crippen LogP contribution in [-0.4, -0.2) is 25.9 Å². The summed E-state index contributed by atoms with van der Waals surface area (Å²) in [6.07, 6.45) is 1.61. The maximum absolute atomic E-state index is 12.1. The van der Waals surface area contributed by atoms with E-state index in [0.717, 1.165) is 4.80 Å². The molecule has 1 N–H and O–H groups in total. The number of phenols is 1. The normalized spacial score (nSPS) is 11.8. The van der Waals surface area contributed by atoms with Crippen LogP contribution in [0, 0.1) is 5.41 Å². The Hall–Kier alpha value is -2.96. The van der Waals surface area contributed by atoms with Gasteiger partial charge in [-0.15, -0.1) is 4.80 Å². The molecular weight excluding hydrogens is 310 g/mol. The van der Waals surface area contributed by atoms with E-state index < -0.39 is 11.0 Å². The highest BCUT2D eigenvalue weighted by Crippen LogP contribution is 2.20. The zero-order chi connectivity index (χ0) is 17.5. The van der Waals surface area contributed by atoms with Crippen LogP contribution >= 0.6 is 0 Å². The number of Topliss-reactive ketones (excluding diaryl/α,β-unsaturated/α-hetero) is 1. The number of aromatic hydroxyl groups is 1. The molecule has 0 aliphatic heterocycles. The molecular formula is C17H17N3O4. The zero-order valence-corrected chi connectivity index (χ0v) is 13.6. The highest BCUT2D eigenvalue weighted by atomic mass is 16.4. The maximum Gasteiger partial charge on any atom is 0.364 e. The molecule has 0 saturated carbocycles.